The van der Waals surface area contributed by atoms with Crippen molar-refractivity contribution in [2.75, 3.05) is 0 Å². The smallest absolute Gasteiger partial charge is 0.0547 e. The highest BCUT2D eigenvalue weighted by molar-refractivity contribution is 6.17. The van der Waals surface area contributed by atoms with Gasteiger partial charge in [-0.2, -0.15) is 0 Å². The van der Waals surface area contributed by atoms with Crippen LogP contribution in [0.3, 0.4) is 0 Å². The molecule has 0 radical (unpaired) electrons. The van der Waals surface area contributed by atoms with Gasteiger partial charge in [-0.05, 0) is 100 Å². The molecule has 0 aliphatic carbocycles. The van der Waals surface area contributed by atoms with E-state index >= 15 is 0 Å². The number of hydrogen-bond acceptors (Lipinski definition) is 1. The predicted octanol–water partition coefficient (Wildman–Crippen LogP) is 13.9. The molecule has 0 amide bonds. The van der Waals surface area contributed by atoms with Gasteiger partial charge in [-0.3, -0.25) is 4.98 Å². The first-order valence-corrected chi connectivity index (χ1v) is 19.1. The van der Waals surface area contributed by atoms with Crippen LogP contribution in [0.2, 0.25) is 0 Å². The van der Waals surface area contributed by atoms with Crippen LogP contribution in [0.25, 0.3) is 99.5 Å². The van der Waals surface area contributed by atoms with Crippen LogP contribution >= 0.6 is 0 Å². The summed E-state index contributed by atoms with van der Waals surface area (Å²) in [5.41, 5.74) is 16.4. The largest absolute Gasteiger partial charge is 0.309 e. The first-order valence-electron chi connectivity index (χ1n) is 19.1. The van der Waals surface area contributed by atoms with Gasteiger partial charge < -0.3 is 9.13 Å². The second kappa shape index (κ2) is 13.1. The fourth-order valence-corrected chi connectivity index (χ4v) is 8.67. The summed E-state index contributed by atoms with van der Waals surface area (Å²) in [6.07, 6.45) is 3.78. The van der Waals surface area contributed by atoms with Gasteiger partial charge in [0.05, 0.1) is 27.8 Å². The molecule has 0 fully saturated rings. The van der Waals surface area contributed by atoms with Gasteiger partial charge in [0, 0.05) is 50.8 Å². The van der Waals surface area contributed by atoms with Crippen molar-refractivity contribution in [3.8, 4) is 55.9 Å². The third kappa shape index (κ3) is 5.17. The predicted molar refractivity (Wildman–Crippen MR) is 235 cm³/mol. The van der Waals surface area contributed by atoms with Crippen molar-refractivity contribution < 1.29 is 0 Å². The third-order valence-electron chi connectivity index (χ3n) is 11.2. The van der Waals surface area contributed by atoms with E-state index in [1.165, 1.54) is 66.0 Å². The highest BCUT2D eigenvalue weighted by Crippen LogP contribution is 2.43. The Bertz CT molecular complexity index is 3210. The van der Waals surface area contributed by atoms with Gasteiger partial charge >= 0.3 is 0 Å². The minimum absolute atomic E-state index is 1.10. The lowest BCUT2D eigenvalue weighted by Gasteiger charge is -2.16. The van der Waals surface area contributed by atoms with Crippen LogP contribution in [0.15, 0.2) is 213 Å². The summed E-state index contributed by atoms with van der Waals surface area (Å²) in [4.78, 5) is 4.46. The molecule has 0 spiro atoms. The van der Waals surface area contributed by atoms with E-state index in [-0.39, 0.29) is 0 Å². The Balaban J connectivity index is 1.19. The van der Waals surface area contributed by atoms with Crippen LogP contribution in [0.4, 0.5) is 0 Å². The molecule has 56 heavy (non-hydrogen) atoms. The standard InChI is InChI=1S/C53H35N3/c1-4-14-36(15-5-1)38-25-28-49(45(32-38)37-16-6-2-7-17-37)56-50-29-26-39(41-18-13-31-54-35-41)33-46(50)47-34-40(27-30-51(47)56)43-22-12-24-52-53(43)44-21-10-11-23-48(44)55(52)42-19-8-3-9-20-42/h1-35H. The Labute approximate surface area is 325 Å². The minimum Gasteiger partial charge on any atom is -0.309 e. The summed E-state index contributed by atoms with van der Waals surface area (Å²) in [5, 5.41) is 4.91. The van der Waals surface area contributed by atoms with Gasteiger partial charge in [0.2, 0.25) is 0 Å². The highest BCUT2D eigenvalue weighted by atomic mass is 15.0. The van der Waals surface area contributed by atoms with Gasteiger partial charge in [0.1, 0.15) is 0 Å². The number of nitrogens with zero attached hydrogens (tertiary/aromatic N) is 3. The quantitative estimate of drug-likeness (QED) is 0.168. The summed E-state index contributed by atoms with van der Waals surface area (Å²) >= 11 is 0. The first kappa shape index (κ1) is 32.0. The van der Waals surface area contributed by atoms with E-state index in [2.05, 4.69) is 208 Å². The van der Waals surface area contributed by atoms with E-state index in [9.17, 15) is 0 Å². The van der Waals surface area contributed by atoms with Crippen molar-refractivity contribution >= 4 is 43.6 Å². The monoisotopic (exact) mass is 713 g/mol. The highest BCUT2D eigenvalue weighted by Gasteiger charge is 2.20. The van der Waals surface area contributed by atoms with E-state index < -0.39 is 0 Å². The van der Waals surface area contributed by atoms with Crippen LogP contribution in [0.1, 0.15) is 0 Å². The molecule has 3 nitrogen and oxygen atoms in total. The van der Waals surface area contributed by atoms with E-state index in [1.54, 1.807) is 0 Å². The summed E-state index contributed by atoms with van der Waals surface area (Å²) in [6, 6.07) is 72.6. The van der Waals surface area contributed by atoms with Gasteiger partial charge in [-0.15, -0.1) is 0 Å². The van der Waals surface area contributed by atoms with Crippen LogP contribution < -0.4 is 0 Å². The zero-order valence-electron chi connectivity index (χ0n) is 30.5. The van der Waals surface area contributed by atoms with Crippen LogP contribution in [0.5, 0.6) is 0 Å². The molecule has 0 aliphatic rings. The lowest BCUT2D eigenvalue weighted by molar-refractivity contribution is 1.18. The molecule has 3 aromatic heterocycles. The van der Waals surface area contributed by atoms with Crippen molar-refractivity contribution in [2.24, 2.45) is 0 Å². The van der Waals surface area contributed by atoms with E-state index in [4.69, 9.17) is 0 Å². The Kier molecular flexibility index (Phi) is 7.49. The minimum atomic E-state index is 1.10. The van der Waals surface area contributed by atoms with Gasteiger partial charge in [-0.25, -0.2) is 0 Å². The van der Waals surface area contributed by atoms with Gasteiger partial charge in [0.25, 0.3) is 0 Å². The molecule has 8 aromatic carbocycles. The fourth-order valence-electron chi connectivity index (χ4n) is 8.67. The van der Waals surface area contributed by atoms with E-state index in [0.717, 1.165) is 33.5 Å². The van der Waals surface area contributed by atoms with Crippen LogP contribution in [-0.2, 0) is 0 Å². The van der Waals surface area contributed by atoms with E-state index in [0.29, 0.717) is 0 Å². The van der Waals surface area contributed by atoms with Crippen molar-refractivity contribution in [2.45, 2.75) is 0 Å². The Morgan fingerprint density at radius 3 is 1.66 bits per heavy atom. The fraction of sp³-hybridized carbons (Fsp3) is 0. The molecule has 0 N–H and O–H groups in total. The number of benzene rings is 8. The summed E-state index contributed by atoms with van der Waals surface area (Å²) < 4.78 is 4.85. The number of pyridine rings is 1. The van der Waals surface area contributed by atoms with Gasteiger partial charge in [-0.1, -0.05) is 133 Å². The van der Waals surface area contributed by atoms with Crippen molar-refractivity contribution in [1.29, 1.82) is 0 Å². The third-order valence-corrected chi connectivity index (χ3v) is 11.2. The molecule has 0 saturated carbocycles. The van der Waals surface area contributed by atoms with Crippen LogP contribution in [0, 0.1) is 0 Å². The van der Waals surface area contributed by atoms with Crippen molar-refractivity contribution in [3.63, 3.8) is 0 Å². The maximum absolute atomic E-state index is 4.46. The first-order chi connectivity index (χ1) is 27.8. The number of aromatic nitrogens is 3. The number of fused-ring (bicyclic) bond motifs is 6. The van der Waals surface area contributed by atoms with Crippen molar-refractivity contribution in [1.82, 2.24) is 14.1 Å². The van der Waals surface area contributed by atoms with Crippen molar-refractivity contribution in [3.05, 3.63) is 213 Å². The molecule has 3 heteroatoms. The summed E-state index contributed by atoms with van der Waals surface area (Å²) in [6.45, 7) is 0. The second-order valence-corrected chi connectivity index (χ2v) is 14.4. The zero-order chi connectivity index (χ0) is 37.0. The SMILES string of the molecule is c1ccc(-c2ccc(-n3c4ccc(-c5cccnc5)cc4c4cc(-c5cccc6c5c5ccccc5n6-c5ccccc5)ccc43)c(-c3ccccc3)c2)cc1. The molecule has 0 bridgehead atoms. The lowest BCUT2D eigenvalue weighted by Crippen LogP contribution is -1.98. The molecular formula is C53H35N3. The molecule has 262 valence electrons. The van der Waals surface area contributed by atoms with E-state index in [1.807, 2.05) is 18.5 Å². The molecule has 0 saturated heterocycles. The summed E-state index contributed by atoms with van der Waals surface area (Å²) in [7, 11) is 0. The zero-order valence-corrected chi connectivity index (χ0v) is 30.5. The molecule has 0 aliphatic heterocycles. The maximum atomic E-state index is 4.46. The average Bonchev–Trinajstić information content (AvgIpc) is 3.79. The molecule has 0 unspecified atom stereocenters. The molecule has 11 rings (SSSR count). The van der Waals surface area contributed by atoms with Crippen LogP contribution in [-0.4, -0.2) is 14.1 Å². The molecule has 3 heterocycles. The second-order valence-electron chi connectivity index (χ2n) is 14.4. The number of para-hydroxylation sites is 2. The summed E-state index contributed by atoms with van der Waals surface area (Å²) in [5.74, 6) is 0. The Hall–Kier alpha value is -7.49. The molecule has 11 aromatic rings. The molecular weight excluding hydrogens is 679 g/mol. The topological polar surface area (TPSA) is 22.8 Å². The normalized spacial score (nSPS) is 11.6. The Morgan fingerprint density at radius 1 is 0.321 bits per heavy atom. The average molecular weight is 714 g/mol. The Morgan fingerprint density at radius 2 is 0.911 bits per heavy atom. The number of rotatable bonds is 6. The maximum Gasteiger partial charge on any atom is 0.0547 e. The van der Waals surface area contributed by atoms with Gasteiger partial charge in [0.15, 0.2) is 0 Å². The lowest BCUT2D eigenvalue weighted by atomic mass is 9.97. The number of hydrogen-bond donors (Lipinski definition) is 0. The molecule has 0 atom stereocenters.